The van der Waals surface area contributed by atoms with E-state index in [2.05, 4.69) is 194 Å². The maximum absolute atomic E-state index is 2.39. The summed E-state index contributed by atoms with van der Waals surface area (Å²) in [6, 6.07) is 70.9. The van der Waals surface area contributed by atoms with Crippen LogP contribution in [0, 0.1) is 0 Å². The molecule has 48 heavy (non-hydrogen) atoms. The third kappa shape index (κ3) is 5.05. The molecule has 0 atom stereocenters. The molecular weight excluding hydrogens is 577 g/mol. The lowest BCUT2D eigenvalue weighted by atomic mass is 9.87. The highest BCUT2D eigenvalue weighted by atomic mass is 14.2. The molecule has 9 aromatic carbocycles. The monoisotopic (exact) mass is 608 g/mol. The van der Waals surface area contributed by atoms with Crippen LogP contribution in [0.3, 0.4) is 0 Å². The van der Waals surface area contributed by atoms with Gasteiger partial charge >= 0.3 is 0 Å². The van der Waals surface area contributed by atoms with Crippen LogP contribution in [-0.2, 0) is 0 Å². The lowest BCUT2D eigenvalue weighted by Crippen LogP contribution is -1.90. The Bertz CT molecular complexity index is 2550. The molecule has 0 bridgehead atoms. The minimum Gasteiger partial charge on any atom is -0.0622 e. The molecule has 0 heteroatoms. The molecule has 0 unspecified atom stereocenters. The van der Waals surface area contributed by atoms with Crippen molar-refractivity contribution in [2.45, 2.75) is 0 Å². The summed E-state index contributed by atoms with van der Waals surface area (Å²) in [4.78, 5) is 0. The first-order chi connectivity index (χ1) is 23.8. The summed E-state index contributed by atoms with van der Waals surface area (Å²) in [5.74, 6) is 0. The summed E-state index contributed by atoms with van der Waals surface area (Å²) in [6.45, 7) is 0. The van der Waals surface area contributed by atoms with Gasteiger partial charge in [-0.05, 0) is 124 Å². The summed E-state index contributed by atoms with van der Waals surface area (Å²) in [7, 11) is 0. The van der Waals surface area contributed by atoms with E-state index in [0.29, 0.717) is 0 Å². The normalized spacial score (nSPS) is 11.3. The number of fused-ring (bicyclic) bond motifs is 3. The molecule has 0 radical (unpaired) electrons. The quantitative estimate of drug-likeness (QED) is 0.171. The van der Waals surface area contributed by atoms with Gasteiger partial charge in [-0.1, -0.05) is 158 Å². The largest absolute Gasteiger partial charge is 0.0622 e. The Morgan fingerprint density at radius 3 is 1.29 bits per heavy atom. The second-order valence-corrected chi connectivity index (χ2v) is 12.5. The van der Waals surface area contributed by atoms with Crippen molar-refractivity contribution in [3.8, 4) is 55.6 Å². The molecule has 0 saturated heterocycles. The maximum Gasteiger partial charge on any atom is -0.00264 e. The maximum atomic E-state index is 2.39. The van der Waals surface area contributed by atoms with Crippen molar-refractivity contribution in [3.63, 3.8) is 0 Å². The van der Waals surface area contributed by atoms with Crippen LogP contribution in [0.25, 0.3) is 88.0 Å². The van der Waals surface area contributed by atoms with Crippen molar-refractivity contribution < 1.29 is 0 Å². The highest BCUT2D eigenvalue weighted by molar-refractivity contribution is 6.13. The van der Waals surface area contributed by atoms with Gasteiger partial charge in [-0.3, -0.25) is 0 Å². The van der Waals surface area contributed by atoms with E-state index in [1.165, 1.54) is 88.0 Å². The van der Waals surface area contributed by atoms with E-state index in [0.717, 1.165) is 0 Å². The summed E-state index contributed by atoms with van der Waals surface area (Å²) in [5.41, 5.74) is 12.2. The van der Waals surface area contributed by atoms with Crippen molar-refractivity contribution in [2.75, 3.05) is 0 Å². The van der Waals surface area contributed by atoms with Crippen LogP contribution in [-0.4, -0.2) is 0 Å². The number of rotatable bonds is 5. The van der Waals surface area contributed by atoms with E-state index in [1.54, 1.807) is 0 Å². The Labute approximate surface area is 281 Å². The molecule has 0 nitrogen and oxygen atoms in total. The zero-order chi connectivity index (χ0) is 31.9. The molecule has 0 spiro atoms. The molecule has 9 rings (SSSR count). The Balaban J connectivity index is 1.29. The Hall–Kier alpha value is -6.24. The lowest BCUT2D eigenvalue weighted by molar-refractivity contribution is 1.56. The van der Waals surface area contributed by atoms with Crippen LogP contribution in [0.15, 0.2) is 194 Å². The van der Waals surface area contributed by atoms with Crippen LogP contribution >= 0.6 is 0 Å². The SMILES string of the molecule is c1ccc(-c2cccc(-c3cc(-c4cccc(-c5cccc6ccccc56)c4)cc(-c4c5ccccc5cc5ccccc45)c3)c2)cc1. The Morgan fingerprint density at radius 2 is 0.625 bits per heavy atom. The summed E-state index contributed by atoms with van der Waals surface area (Å²) in [5, 5.41) is 7.56. The van der Waals surface area contributed by atoms with Gasteiger partial charge < -0.3 is 0 Å². The molecule has 0 heterocycles. The molecule has 0 fully saturated rings. The molecule has 0 aliphatic carbocycles. The topological polar surface area (TPSA) is 0 Å². The van der Waals surface area contributed by atoms with E-state index in [-0.39, 0.29) is 0 Å². The van der Waals surface area contributed by atoms with Crippen LogP contribution in [0.1, 0.15) is 0 Å². The fourth-order valence-electron chi connectivity index (χ4n) is 7.28. The third-order valence-corrected chi connectivity index (χ3v) is 9.59. The van der Waals surface area contributed by atoms with Gasteiger partial charge in [0.15, 0.2) is 0 Å². The van der Waals surface area contributed by atoms with Gasteiger partial charge in [-0.25, -0.2) is 0 Å². The molecule has 9 aromatic rings. The molecule has 0 aliphatic heterocycles. The Morgan fingerprint density at radius 1 is 0.208 bits per heavy atom. The van der Waals surface area contributed by atoms with Gasteiger partial charge in [0.25, 0.3) is 0 Å². The van der Waals surface area contributed by atoms with E-state index in [9.17, 15) is 0 Å². The first kappa shape index (κ1) is 28.0. The number of hydrogen-bond donors (Lipinski definition) is 0. The van der Waals surface area contributed by atoms with Gasteiger partial charge in [0, 0.05) is 0 Å². The minimum atomic E-state index is 1.20. The van der Waals surface area contributed by atoms with Crippen molar-refractivity contribution in [1.82, 2.24) is 0 Å². The zero-order valence-corrected chi connectivity index (χ0v) is 26.5. The third-order valence-electron chi connectivity index (χ3n) is 9.59. The van der Waals surface area contributed by atoms with E-state index < -0.39 is 0 Å². The van der Waals surface area contributed by atoms with Crippen molar-refractivity contribution in [1.29, 1.82) is 0 Å². The molecule has 0 aliphatic rings. The van der Waals surface area contributed by atoms with E-state index >= 15 is 0 Å². The van der Waals surface area contributed by atoms with Gasteiger partial charge in [-0.2, -0.15) is 0 Å². The average molecular weight is 609 g/mol. The van der Waals surface area contributed by atoms with Gasteiger partial charge in [0.2, 0.25) is 0 Å². The number of hydrogen-bond acceptors (Lipinski definition) is 0. The van der Waals surface area contributed by atoms with Gasteiger partial charge in [0.05, 0.1) is 0 Å². The average Bonchev–Trinajstić information content (AvgIpc) is 3.17. The smallest absolute Gasteiger partial charge is 0.00264 e. The first-order valence-electron chi connectivity index (χ1n) is 16.6. The van der Waals surface area contributed by atoms with Crippen molar-refractivity contribution >= 4 is 32.3 Å². The molecule has 0 N–H and O–H groups in total. The second kappa shape index (κ2) is 11.8. The summed E-state index contributed by atoms with van der Waals surface area (Å²) >= 11 is 0. The van der Waals surface area contributed by atoms with Gasteiger partial charge in [-0.15, -0.1) is 0 Å². The number of benzene rings is 9. The molecule has 224 valence electrons. The molecule has 0 amide bonds. The van der Waals surface area contributed by atoms with E-state index in [1.807, 2.05) is 0 Å². The standard InChI is InChI=1S/C48H32/c1-2-13-33(14-3-1)35-19-10-20-36(27-35)41-30-42(37-21-11-22-38(28-37)45-26-12-18-34-15-4-7-23-44(34)45)32-43(31-41)48-46-24-8-5-16-39(46)29-40-17-6-9-25-47(40)48/h1-32H. The molecular formula is C48H32. The highest BCUT2D eigenvalue weighted by Gasteiger charge is 2.15. The Kier molecular flexibility index (Phi) is 6.91. The second-order valence-electron chi connectivity index (χ2n) is 12.5. The summed E-state index contributed by atoms with van der Waals surface area (Å²) < 4.78 is 0. The minimum absolute atomic E-state index is 1.20. The van der Waals surface area contributed by atoms with Crippen LogP contribution in [0.2, 0.25) is 0 Å². The van der Waals surface area contributed by atoms with Crippen molar-refractivity contribution in [2.24, 2.45) is 0 Å². The van der Waals surface area contributed by atoms with Crippen molar-refractivity contribution in [3.05, 3.63) is 194 Å². The summed E-state index contributed by atoms with van der Waals surface area (Å²) in [6.07, 6.45) is 0. The predicted octanol–water partition coefficient (Wildman–Crippen LogP) is 13.5. The predicted molar refractivity (Wildman–Crippen MR) is 206 cm³/mol. The fraction of sp³-hybridized carbons (Fsp3) is 0. The van der Waals surface area contributed by atoms with Crippen LogP contribution in [0.4, 0.5) is 0 Å². The fourth-order valence-corrected chi connectivity index (χ4v) is 7.28. The van der Waals surface area contributed by atoms with E-state index in [4.69, 9.17) is 0 Å². The first-order valence-corrected chi connectivity index (χ1v) is 16.6. The van der Waals surface area contributed by atoms with Crippen LogP contribution in [0.5, 0.6) is 0 Å². The van der Waals surface area contributed by atoms with Crippen LogP contribution < -0.4 is 0 Å². The molecule has 0 saturated carbocycles. The lowest BCUT2D eigenvalue weighted by Gasteiger charge is -2.16. The van der Waals surface area contributed by atoms with Gasteiger partial charge in [0.1, 0.15) is 0 Å². The molecule has 0 aromatic heterocycles. The zero-order valence-electron chi connectivity index (χ0n) is 26.5. The highest BCUT2D eigenvalue weighted by Crippen LogP contribution is 2.41.